The Morgan fingerprint density at radius 1 is 1.30 bits per heavy atom. The molecule has 3 rings (SSSR count). The number of hydrogen-bond acceptors (Lipinski definition) is 6. The van der Waals surface area contributed by atoms with Crippen molar-refractivity contribution in [2.24, 2.45) is 5.92 Å². The summed E-state index contributed by atoms with van der Waals surface area (Å²) in [5.74, 6) is 0.646. The van der Waals surface area contributed by atoms with Crippen LogP contribution >= 0.6 is 0 Å². The highest BCUT2D eigenvalue weighted by Crippen LogP contribution is 2.36. The Morgan fingerprint density at radius 2 is 2.04 bits per heavy atom. The molecule has 7 nitrogen and oxygen atoms in total. The second-order valence-electron chi connectivity index (χ2n) is 5.44. The summed E-state index contributed by atoms with van der Waals surface area (Å²) in [5.41, 5.74) is 1.31. The zero-order valence-corrected chi connectivity index (χ0v) is 12.7. The number of anilines is 1. The molecule has 0 aliphatic carbocycles. The van der Waals surface area contributed by atoms with Crippen molar-refractivity contribution in [2.45, 2.75) is 12.5 Å². The van der Waals surface area contributed by atoms with Gasteiger partial charge in [0, 0.05) is 50.7 Å². The second-order valence-corrected chi connectivity index (χ2v) is 5.44. The van der Waals surface area contributed by atoms with E-state index in [-0.39, 0.29) is 23.6 Å². The maximum atomic E-state index is 12.1. The molecule has 7 heteroatoms. The molecule has 2 atom stereocenters. The minimum Gasteiger partial charge on any atom is -0.367 e. The van der Waals surface area contributed by atoms with Crippen LogP contribution in [0.4, 0.5) is 5.82 Å². The molecule has 116 valence electrons. The minimum atomic E-state index is -0.0137. The van der Waals surface area contributed by atoms with Crippen molar-refractivity contribution >= 4 is 11.7 Å². The Labute approximate surface area is 134 Å². The van der Waals surface area contributed by atoms with Gasteiger partial charge < -0.3 is 10.2 Å². The number of hydrogen-bond donors (Lipinski definition) is 1. The SMILES string of the molecule is CN1C(=O)C[C@@H](CNc2nccnc2C#N)[C@@H]1c1ccncc1. The fraction of sp³-hybridized carbons (Fsp3) is 0.312. The first kappa shape index (κ1) is 14.9. The number of rotatable bonds is 4. The van der Waals surface area contributed by atoms with Crippen LogP contribution in [0.25, 0.3) is 0 Å². The summed E-state index contributed by atoms with van der Waals surface area (Å²) < 4.78 is 0. The summed E-state index contributed by atoms with van der Waals surface area (Å²) in [6.45, 7) is 0.538. The predicted molar refractivity (Wildman–Crippen MR) is 83.1 cm³/mol. The molecule has 1 saturated heterocycles. The average Bonchev–Trinajstić information content (AvgIpc) is 2.88. The van der Waals surface area contributed by atoms with E-state index in [1.54, 1.807) is 17.3 Å². The van der Waals surface area contributed by atoms with Crippen molar-refractivity contribution in [3.05, 3.63) is 48.2 Å². The van der Waals surface area contributed by atoms with Crippen LogP contribution in [-0.4, -0.2) is 39.4 Å². The molecule has 3 heterocycles. The van der Waals surface area contributed by atoms with Gasteiger partial charge in [-0.05, 0) is 17.7 Å². The average molecular weight is 308 g/mol. The van der Waals surface area contributed by atoms with Gasteiger partial charge in [0.2, 0.25) is 5.91 Å². The first-order valence-corrected chi connectivity index (χ1v) is 7.31. The predicted octanol–water partition coefficient (Wildman–Crippen LogP) is 1.37. The lowest BCUT2D eigenvalue weighted by atomic mass is 9.94. The van der Waals surface area contributed by atoms with E-state index in [9.17, 15) is 4.79 Å². The van der Waals surface area contributed by atoms with E-state index < -0.39 is 0 Å². The monoisotopic (exact) mass is 308 g/mol. The lowest BCUT2D eigenvalue weighted by Crippen LogP contribution is -2.26. The van der Waals surface area contributed by atoms with Gasteiger partial charge in [0.15, 0.2) is 11.5 Å². The van der Waals surface area contributed by atoms with E-state index in [0.717, 1.165) is 5.56 Å². The van der Waals surface area contributed by atoms with Gasteiger partial charge in [-0.3, -0.25) is 9.78 Å². The van der Waals surface area contributed by atoms with Crippen LogP contribution in [0.2, 0.25) is 0 Å². The van der Waals surface area contributed by atoms with Crippen molar-refractivity contribution in [1.29, 1.82) is 5.26 Å². The summed E-state index contributed by atoms with van der Waals surface area (Å²) >= 11 is 0. The van der Waals surface area contributed by atoms with Crippen molar-refractivity contribution in [3.63, 3.8) is 0 Å². The third-order valence-corrected chi connectivity index (χ3v) is 4.08. The first-order valence-electron chi connectivity index (χ1n) is 7.31. The maximum absolute atomic E-state index is 12.1. The molecule has 1 N–H and O–H groups in total. The zero-order valence-electron chi connectivity index (χ0n) is 12.7. The van der Waals surface area contributed by atoms with Gasteiger partial charge in [0.25, 0.3) is 0 Å². The second kappa shape index (κ2) is 6.40. The number of carbonyl (C=O) groups excluding carboxylic acids is 1. The molecule has 2 aromatic heterocycles. The lowest BCUT2D eigenvalue weighted by molar-refractivity contribution is -0.127. The quantitative estimate of drug-likeness (QED) is 0.916. The standard InChI is InChI=1S/C16H16N6O/c1-22-14(23)8-12(15(22)11-2-4-18-5-3-11)10-21-16-13(9-17)19-6-7-20-16/h2-7,12,15H,8,10H2,1H3,(H,20,21)/t12-,15-/m0/s1. The van der Waals surface area contributed by atoms with E-state index in [1.807, 2.05) is 25.2 Å². The van der Waals surface area contributed by atoms with Crippen LogP contribution in [-0.2, 0) is 4.79 Å². The van der Waals surface area contributed by atoms with Crippen LogP contribution in [0, 0.1) is 17.2 Å². The van der Waals surface area contributed by atoms with E-state index >= 15 is 0 Å². The highest BCUT2D eigenvalue weighted by molar-refractivity contribution is 5.79. The molecule has 0 radical (unpaired) electrons. The largest absolute Gasteiger partial charge is 0.367 e. The van der Waals surface area contributed by atoms with Gasteiger partial charge in [-0.2, -0.15) is 5.26 Å². The smallest absolute Gasteiger partial charge is 0.223 e. The van der Waals surface area contributed by atoms with E-state index in [0.29, 0.717) is 18.8 Å². The van der Waals surface area contributed by atoms with Crippen molar-refractivity contribution in [1.82, 2.24) is 19.9 Å². The Balaban J connectivity index is 1.78. The fourth-order valence-corrected chi connectivity index (χ4v) is 2.97. The highest BCUT2D eigenvalue weighted by Gasteiger charge is 2.38. The third-order valence-electron chi connectivity index (χ3n) is 4.08. The summed E-state index contributed by atoms with van der Waals surface area (Å²) in [6, 6.07) is 5.85. The van der Waals surface area contributed by atoms with Crippen molar-refractivity contribution < 1.29 is 4.79 Å². The molecule has 1 aliphatic rings. The van der Waals surface area contributed by atoms with Gasteiger partial charge in [0.05, 0.1) is 6.04 Å². The van der Waals surface area contributed by atoms with Crippen LogP contribution in [0.15, 0.2) is 36.9 Å². The molecule has 0 spiro atoms. The Morgan fingerprint density at radius 3 is 2.78 bits per heavy atom. The number of likely N-dealkylation sites (tertiary alicyclic amines) is 1. The van der Waals surface area contributed by atoms with Crippen LogP contribution in [0.1, 0.15) is 23.7 Å². The van der Waals surface area contributed by atoms with Crippen molar-refractivity contribution in [2.75, 3.05) is 18.9 Å². The molecule has 0 saturated carbocycles. The van der Waals surface area contributed by atoms with Gasteiger partial charge in [-0.15, -0.1) is 0 Å². The molecule has 1 fully saturated rings. The molecular formula is C16H16N6O. The highest BCUT2D eigenvalue weighted by atomic mass is 16.2. The van der Waals surface area contributed by atoms with Crippen LogP contribution in [0.5, 0.6) is 0 Å². The molecule has 1 amide bonds. The number of aromatic nitrogens is 3. The lowest BCUT2D eigenvalue weighted by Gasteiger charge is -2.25. The zero-order chi connectivity index (χ0) is 16.2. The van der Waals surface area contributed by atoms with Gasteiger partial charge in [0.1, 0.15) is 6.07 Å². The van der Waals surface area contributed by atoms with Gasteiger partial charge in [-0.25, -0.2) is 9.97 Å². The van der Waals surface area contributed by atoms with E-state index in [1.165, 1.54) is 12.4 Å². The summed E-state index contributed by atoms with van der Waals surface area (Å²) in [7, 11) is 1.82. The molecule has 2 aromatic rings. The fourth-order valence-electron chi connectivity index (χ4n) is 2.97. The Hall–Kier alpha value is -3.01. The number of carbonyl (C=O) groups is 1. The number of nitriles is 1. The number of nitrogens with zero attached hydrogens (tertiary/aromatic N) is 5. The number of nitrogens with one attached hydrogen (secondary N) is 1. The molecule has 0 bridgehead atoms. The number of amides is 1. The topological polar surface area (TPSA) is 94.8 Å². The van der Waals surface area contributed by atoms with E-state index in [4.69, 9.17) is 5.26 Å². The molecule has 0 aromatic carbocycles. The molecule has 0 unspecified atom stereocenters. The summed E-state index contributed by atoms with van der Waals surface area (Å²) in [6.07, 6.45) is 6.93. The minimum absolute atomic E-state index is 0.0137. The molecule has 1 aliphatic heterocycles. The van der Waals surface area contributed by atoms with Gasteiger partial charge in [-0.1, -0.05) is 0 Å². The molecular weight excluding hydrogens is 292 g/mol. The Bertz CT molecular complexity index is 742. The first-order chi connectivity index (χ1) is 11.2. The third kappa shape index (κ3) is 2.97. The Kier molecular flexibility index (Phi) is 4.15. The normalized spacial score (nSPS) is 20.3. The number of pyridine rings is 1. The van der Waals surface area contributed by atoms with Gasteiger partial charge >= 0.3 is 0 Å². The summed E-state index contributed by atoms with van der Waals surface area (Å²) in [5, 5.41) is 12.2. The van der Waals surface area contributed by atoms with Crippen molar-refractivity contribution in [3.8, 4) is 6.07 Å². The maximum Gasteiger partial charge on any atom is 0.223 e. The van der Waals surface area contributed by atoms with Crippen LogP contribution in [0.3, 0.4) is 0 Å². The van der Waals surface area contributed by atoms with E-state index in [2.05, 4.69) is 20.3 Å². The van der Waals surface area contributed by atoms with Crippen LogP contribution < -0.4 is 5.32 Å². The molecule has 23 heavy (non-hydrogen) atoms. The summed E-state index contributed by atoms with van der Waals surface area (Å²) in [4.78, 5) is 26.0.